The second-order valence-electron chi connectivity index (χ2n) is 3.95. The normalized spacial score (nSPS) is 11.8. The molecule has 1 nitrogen and oxygen atoms in total. The zero-order valence-corrected chi connectivity index (χ0v) is 9.70. The van der Waals surface area contributed by atoms with Gasteiger partial charge in [0, 0.05) is 18.0 Å². The minimum Gasteiger partial charge on any atom is -0.264 e. The number of hydrogen-bond donors (Lipinski definition) is 0. The highest BCUT2D eigenvalue weighted by Gasteiger charge is 1.97. The molecular formula is C15H15N. The Balaban J connectivity index is 2.58. The van der Waals surface area contributed by atoms with E-state index in [-0.39, 0.29) is 0 Å². The van der Waals surface area contributed by atoms with Crippen molar-refractivity contribution in [1.82, 2.24) is 4.98 Å². The number of aryl methyl sites for hydroxylation is 1. The summed E-state index contributed by atoms with van der Waals surface area (Å²) in [6.45, 7) is 8.13. The van der Waals surface area contributed by atoms with Crippen LogP contribution >= 0.6 is 0 Å². The van der Waals surface area contributed by atoms with Crippen LogP contribution in [0.15, 0.2) is 36.7 Å². The Kier molecular flexibility index (Phi) is 2.86. The van der Waals surface area contributed by atoms with Crippen LogP contribution in [-0.4, -0.2) is 4.98 Å². The summed E-state index contributed by atoms with van der Waals surface area (Å²) in [6, 6.07) is 8.45. The maximum atomic E-state index is 4.20. The summed E-state index contributed by atoms with van der Waals surface area (Å²) in [6.07, 6.45) is 5.82. The third-order valence-electron chi connectivity index (χ3n) is 2.66. The number of pyridine rings is 1. The van der Waals surface area contributed by atoms with Gasteiger partial charge >= 0.3 is 0 Å². The average Bonchev–Trinajstić information content (AvgIpc) is 2.29. The molecule has 0 radical (unpaired) electrons. The van der Waals surface area contributed by atoms with Gasteiger partial charge in [-0.3, -0.25) is 4.98 Å². The third kappa shape index (κ3) is 2.03. The predicted octanol–water partition coefficient (Wildman–Crippen LogP) is 2.27. The van der Waals surface area contributed by atoms with Crippen LogP contribution in [0.5, 0.6) is 0 Å². The number of nitrogens with zero attached hydrogens (tertiary/aromatic N) is 1. The lowest BCUT2D eigenvalue weighted by atomic mass is 10.0. The number of benzene rings is 1. The van der Waals surface area contributed by atoms with Crippen LogP contribution in [0.3, 0.4) is 0 Å². The summed E-state index contributed by atoms with van der Waals surface area (Å²) in [5.41, 5.74) is 3.49. The molecule has 0 saturated carbocycles. The molecule has 1 heteroatoms. The van der Waals surface area contributed by atoms with Gasteiger partial charge in [0.25, 0.3) is 0 Å². The zero-order chi connectivity index (χ0) is 11.5. The van der Waals surface area contributed by atoms with Crippen molar-refractivity contribution in [2.24, 2.45) is 0 Å². The Hall–Kier alpha value is -1.89. The van der Waals surface area contributed by atoms with Gasteiger partial charge < -0.3 is 0 Å². The lowest BCUT2D eigenvalue weighted by molar-refractivity contribution is 1.27. The topological polar surface area (TPSA) is 12.9 Å². The minimum absolute atomic E-state index is 1.06. The fourth-order valence-electron chi connectivity index (χ4n) is 1.78. The van der Waals surface area contributed by atoms with Crippen molar-refractivity contribution in [3.8, 4) is 11.1 Å². The fraction of sp³-hybridized carbons (Fsp3) is 0.133. The van der Waals surface area contributed by atoms with Gasteiger partial charge in [0.05, 0.1) is 0 Å². The van der Waals surface area contributed by atoms with Crippen molar-refractivity contribution in [2.75, 3.05) is 0 Å². The van der Waals surface area contributed by atoms with E-state index in [0.717, 1.165) is 10.8 Å². The second-order valence-corrected chi connectivity index (χ2v) is 3.95. The largest absolute Gasteiger partial charge is 0.264 e. The molecule has 0 fully saturated rings. The summed E-state index contributed by atoms with van der Waals surface area (Å²) in [5, 5.41) is 2.24. The molecule has 2 aromatic rings. The molecule has 1 heterocycles. The van der Waals surface area contributed by atoms with Crippen molar-refractivity contribution in [2.45, 2.75) is 13.8 Å². The Bertz CT molecular complexity index is 612. The van der Waals surface area contributed by atoms with E-state index < -0.39 is 0 Å². The van der Waals surface area contributed by atoms with Crippen molar-refractivity contribution in [3.05, 3.63) is 52.7 Å². The van der Waals surface area contributed by atoms with Gasteiger partial charge in [-0.1, -0.05) is 24.8 Å². The molecular weight excluding hydrogens is 194 g/mol. The Morgan fingerprint density at radius 2 is 1.94 bits per heavy atom. The van der Waals surface area contributed by atoms with Crippen molar-refractivity contribution in [1.29, 1.82) is 0 Å². The quantitative estimate of drug-likeness (QED) is 0.702. The molecule has 0 unspecified atom stereocenters. The van der Waals surface area contributed by atoms with Gasteiger partial charge in [0.2, 0.25) is 0 Å². The monoisotopic (exact) mass is 209 g/mol. The number of hydrogen-bond acceptors (Lipinski definition) is 1. The standard InChI is InChI=1S/C15H15N/c1-4-13-5-6-14(8-12(13)3)15-7-11(2)9-16-10-15/h4-10H,3H2,1-2H3/b13-4-. The first-order valence-electron chi connectivity index (χ1n) is 5.38. The maximum absolute atomic E-state index is 4.20. The van der Waals surface area contributed by atoms with Crippen LogP contribution in [0, 0.1) is 6.92 Å². The first-order valence-corrected chi connectivity index (χ1v) is 5.38. The molecule has 0 N–H and O–H groups in total. The lowest BCUT2D eigenvalue weighted by Crippen LogP contribution is -2.21. The van der Waals surface area contributed by atoms with E-state index in [1.54, 1.807) is 0 Å². The van der Waals surface area contributed by atoms with Gasteiger partial charge in [-0.15, -0.1) is 0 Å². The number of aromatic nitrogens is 1. The molecule has 1 aromatic carbocycles. The van der Waals surface area contributed by atoms with Crippen LogP contribution < -0.4 is 10.4 Å². The summed E-state index contributed by atoms with van der Waals surface area (Å²) in [7, 11) is 0. The van der Waals surface area contributed by atoms with E-state index in [1.165, 1.54) is 16.3 Å². The van der Waals surface area contributed by atoms with Gasteiger partial charge in [-0.2, -0.15) is 0 Å². The highest BCUT2D eigenvalue weighted by atomic mass is 14.6. The molecule has 80 valence electrons. The average molecular weight is 209 g/mol. The van der Waals surface area contributed by atoms with Crippen LogP contribution in [0.1, 0.15) is 12.5 Å². The minimum atomic E-state index is 1.06. The summed E-state index contributed by atoms with van der Waals surface area (Å²) < 4.78 is 0. The highest BCUT2D eigenvalue weighted by molar-refractivity contribution is 5.63. The lowest BCUT2D eigenvalue weighted by Gasteiger charge is -2.02. The molecule has 0 aliphatic carbocycles. The first kappa shape index (κ1) is 10.6. The molecule has 0 aliphatic heterocycles. The van der Waals surface area contributed by atoms with Gasteiger partial charge in [-0.05, 0) is 47.5 Å². The molecule has 0 atom stereocenters. The second kappa shape index (κ2) is 4.31. The van der Waals surface area contributed by atoms with Gasteiger partial charge in [0.15, 0.2) is 0 Å². The third-order valence-corrected chi connectivity index (χ3v) is 2.66. The smallest absolute Gasteiger partial charge is 0.0346 e. The highest BCUT2D eigenvalue weighted by Crippen LogP contribution is 2.16. The Labute approximate surface area is 95.8 Å². The molecule has 0 aliphatic rings. The van der Waals surface area contributed by atoms with Crippen LogP contribution in [0.4, 0.5) is 0 Å². The Morgan fingerprint density at radius 1 is 1.12 bits per heavy atom. The molecule has 0 bridgehead atoms. The van der Waals surface area contributed by atoms with E-state index in [4.69, 9.17) is 0 Å². The van der Waals surface area contributed by atoms with E-state index in [9.17, 15) is 0 Å². The van der Waals surface area contributed by atoms with Gasteiger partial charge in [0.1, 0.15) is 0 Å². The van der Waals surface area contributed by atoms with Crippen molar-refractivity contribution in [3.63, 3.8) is 0 Å². The summed E-state index contributed by atoms with van der Waals surface area (Å²) in [4.78, 5) is 4.20. The van der Waals surface area contributed by atoms with E-state index >= 15 is 0 Å². The predicted molar refractivity (Wildman–Crippen MR) is 69.3 cm³/mol. The van der Waals surface area contributed by atoms with E-state index in [0.29, 0.717) is 0 Å². The number of rotatable bonds is 1. The SMILES string of the molecule is C=c1cc(-c2cncc(C)c2)cc/c1=C/C. The molecule has 16 heavy (non-hydrogen) atoms. The molecule has 0 spiro atoms. The van der Waals surface area contributed by atoms with Crippen LogP contribution in [0.25, 0.3) is 23.8 Å². The first-order chi connectivity index (χ1) is 7.70. The van der Waals surface area contributed by atoms with Crippen LogP contribution in [0.2, 0.25) is 0 Å². The maximum Gasteiger partial charge on any atom is 0.0346 e. The van der Waals surface area contributed by atoms with Crippen LogP contribution in [-0.2, 0) is 0 Å². The zero-order valence-electron chi connectivity index (χ0n) is 9.70. The van der Waals surface area contributed by atoms with E-state index in [1.807, 2.05) is 19.3 Å². The summed E-state index contributed by atoms with van der Waals surface area (Å²) in [5.74, 6) is 0. The molecule has 2 rings (SSSR count). The molecule has 0 saturated heterocycles. The summed E-state index contributed by atoms with van der Waals surface area (Å²) >= 11 is 0. The Morgan fingerprint density at radius 3 is 2.56 bits per heavy atom. The van der Waals surface area contributed by atoms with Gasteiger partial charge in [-0.25, -0.2) is 0 Å². The van der Waals surface area contributed by atoms with Crippen molar-refractivity contribution >= 4 is 12.7 Å². The molecule has 1 aromatic heterocycles. The van der Waals surface area contributed by atoms with E-state index in [2.05, 4.69) is 48.8 Å². The van der Waals surface area contributed by atoms with Crippen molar-refractivity contribution < 1.29 is 0 Å². The molecule has 0 amide bonds. The fourth-order valence-corrected chi connectivity index (χ4v) is 1.78.